The Bertz CT molecular complexity index is 403. The van der Waals surface area contributed by atoms with Gasteiger partial charge in [0.25, 0.3) is 0 Å². The van der Waals surface area contributed by atoms with Crippen molar-refractivity contribution in [3.63, 3.8) is 0 Å². The van der Waals surface area contributed by atoms with Gasteiger partial charge in [0.15, 0.2) is 0 Å². The SMILES string of the molecule is COC(=O)/C=C/C(=O)OCCCNC(=O)CN1CCCCC1. The minimum atomic E-state index is -0.609. The summed E-state index contributed by atoms with van der Waals surface area (Å²) in [6.07, 6.45) is 6.10. The van der Waals surface area contributed by atoms with Crippen LogP contribution in [0.1, 0.15) is 25.7 Å². The Morgan fingerprint density at radius 2 is 1.77 bits per heavy atom. The lowest BCUT2D eigenvalue weighted by Crippen LogP contribution is -2.40. The second-order valence-corrected chi connectivity index (χ2v) is 5.06. The predicted octanol–water partition coefficient (Wildman–Crippen LogP) is 0.251. The zero-order chi connectivity index (χ0) is 16.2. The normalized spacial score (nSPS) is 15.5. The van der Waals surface area contributed by atoms with E-state index in [0.717, 1.165) is 38.1 Å². The number of methoxy groups -OCH3 is 1. The van der Waals surface area contributed by atoms with Crippen LogP contribution in [0.15, 0.2) is 12.2 Å². The fourth-order valence-electron chi connectivity index (χ4n) is 2.10. The van der Waals surface area contributed by atoms with E-state index >= 15 is 0 Å². The number of piperidine rings is 1. The van der Waals surface area contributed by atoms with Crippen LogP contribution in [-0.2, 0) is 23.9 Å². The molecule has 1 heterocycles. The lowest BCUT2D eigenvalue weighted by Gasteiger charge is -2.25. The molecule has 124 valence electrons. The largest absolute Gasteiger partial charge is 0.466 e. The average Bonchev–Trinajstić information content (AvgIpc) is 2.53. The maximum absolute atomic E-state index is 11.7. The number of hydrogen-bond donors (Lipinski definition) is 1. The lowest BCUT2D eigenvalue weighted by atomic mass is 10.1. The van der Waals surface area contributed by atoms with Gasteiger partial charge in [0.2, 0.25) is 5.91 Å². The van der Waals surface area contributed by atoms with Crippen molar-refractivity contribution in [2.24, 2.45) is 0 Å². The summed E-state index contributed by atoms with van der Waals surface area (Å²) in [4.78, 5) is 35.8. The van der Waals surface area contributed by atoms with Crippen molar-refractivity contribution in [3.8, 4) is 0 Å². The zero-order valence-corrected chi connectivity index (χ0v) is 13.0. The van der Waals surface area contributed by atoms with Gasteiger partial charge in [-0.25, -0.2) is 9.59 Å². The number of rotatable bonds is 8. The van der Waals surface area contributed by atoms with E-state index < -0.39 is 11.9 Å². The smallest absolute Gasteiger partial charge is 0.331 e. The molecule has 7 heteroatoms. The minimum Gasteiger partial charge on any atom is -0.466 e. The number of carbonyl (C=O) groups excluding carboxylic acids is 3. The monoisotopic (exact) mass is 312 g/mol. The van der Waals surface area contributed by atoms with E-state index in [-0.39, 0.29) is 12.5 Å². The molecule has 1 saturated heterocycles. The molecule has 22 heavy (non-hydrogen) atoms. The van der Waals surface area contributed by atoms with Crippen LogP contribution in [-0.4, -0.2) is 62.6 Å². The molecule has 0 spiro atoms. The van der Waals surface area contributed by atoms with E-state index in [0.29, 0.717) is 19.5 Å². The van der Waals surface area contributed by atoms with Crippen LogP contribution >= 0.6 is 0 Å². The van der Waals surface area contributed by atoms with Crippen LogP contribution in [0.3, 0.4) is 0 Å². The predicted molar refractivity (Wildman–Crippen MR) is 80.0 cm³/mol. The summed E-state index contributed by atoms with van der Waals surface area (Å²) in [5, 5.41) is 2.80. The van der Waals surface area contributed by atoms with Gasteiger partial charge in [-0.15, -0.1) is 0 Å². The fourth-order valence-corrected chi connectivity index (χ4v) is 2.10. The van der Waals surface area contributed by atoms with Crippen molar-refractivity contribution >= 4 is 17.8 Å². The maximum Gasteiger partial charge on any atom is 0.331 e. The van der Waals surface area contributed by atoms with Crippen LogP contribution in [0.4, 0.5) is 0 Å². The van der Waals surface area contributed by atoms with Gasteiger partial charge in [-0.05, 0) is 32.4 Å². The summed E-state index contributed by atoms with van der Waals surface area (Å²) in [5.74, 6) is -1.22. The number of likely N-dealkylation sites (tertiary alicyclic amines) is 1. The molecule has 0 saturated carbocycles. The van der Waals surface area contributed by atoms with Crippen molar-refractivity contribution < 1.29 is 23.9 Å². The first-order chi connectivity index (χ1) is 10.6. The van der Waals surface area contributed by atoms with E-state index in [2.05, 4.69) is 15.0 Å². The van der Waals surface area contributed by atoms with Crippen LogP contribution in [0.5, 0.6) is 0 Å². The van der Waals surface area contributed by atoms with Crippen molar-refractivity contribution in [2.75, 3.05) is 39.9 Å². The summed E-state index contributed by atoms with van der Waals surface area (Å²) in [6, 6.07) is 0. The molecule has 1 aliphatic heterocycles. The van der Waals surface area contributed by atoms with Crippen LogP contribution in [0.25, 0.3) is 0 Å². The van der Waals surface area contributed by atoms with Gasteiger partial charge in [-0.2, -0.15) is 0 Å². The number of hydrogen-bond acceptors (Lipinski definition) is 6. The number of amides is 1. The average molecular weight is 312 g/mol. The standard InChI is InChI=1S/C15H24N2O5/c1-21-14(19)6-7-15(20)22-11-5-8-16-13(18)12-17-9-3-2-4-10-17/h6-7H,2-5,8-12H2,1H3,(H,16,18)/b7-6+. The number of nitrogens with one attached hydrogen (secondary N) is 1. The number of esters is 2. The van der Waals surface area contributed by atoms with Crippen molar-refractivity contribution in [3.05, 3.63) is 12.2 Å². The van der Waals surface area contributed by atoms with E-state index in [1.165, 1.54) is 13.5 Å². The molecular weight excluding hydrogens is 288 g/mol. The Kier molecular flexibility index (Phi) is 8.90. The molecule has 0 aliphatic carbocycles. The molecule has 0 aromatic carbocycles. The highest BCUT2D eigenvalue weighted by Gasteiger charge is 2.13. The van der Waals surface area contributed by atoms with Crippen molar-refractivity contribution in [1.29, 1.82) is 0 Å². The van der Waals surface area contributed by atoms with Gasteiger partial charge >= 0.3 is 11.9 Å². The van der Waals surface area contributed by atoms with Gasteiger partial charge in [0.1, 0.15) is 0 Å². The Hall–Kier alpha value is -1.89. The van der Waals surface area contributed by atoms with Gasteiger partial charge in [-0.1, -0.05) is 6.42 Å². The van der Waals surface area contributed by atoms with Gasteiger partial charge in [0, 0.05) is 18.7 Å². The Labute approximate surface area is 130 Å². The van der Waals surface area contributed by atoms with Crippen molar-refractivity contribution in [1.82, 2.24) is 10.2 Å². The molecule has 0 aromatic rings. The molecule has 1 N–H and O–H groups in total. The molecule has 0 atom stereocenters. The molecule has 1 aliphatic rings. The van der Waals surface area contributed by atoms with E-state index in [4.69, 9.17) is 4.74 Å². The highest BCUT2D eigenvalue weighted by Crippen LogP contribution is 2.07. The number of carbonyl (C=O) groups is 3. The molecule has 0 bridgehead atoms. The van der Waals surface area contributed by atoms with Crippen LogP contribution < -0.4 is 5.32 Å². The molecule has 1 rings (SSSR count). The van der Waals surface area contributed by atoms with Gasteiger partial charge < -0.3 is 14.8 Å². The quantitative estimate of drug-likeness (QED) is 0.393. The van der Waals surface area contributed by atoms with Crippen LogP contribution in [0, 0.1) is 0 Å². The Morgan fingerprint density at radius 1 is 1.09 bits per heavy atom. The first-order valence-corrected chi connectivity index (χ1v) is 7.53. The maximum atomic E-state index is 11.7. The number of ether oxygens (including phenoxy) is 2. The van der Waals surface area contributed by atoms with Crippen LogP contribution in [0.2, 0.25) is 0 Å². The number of nitrogens with zero attached hydrogens (tertiary/aromatic N) is 1. The second-order valence-electron chi connectivity index (χ2n) is 5.06. The molecule has 1 fully saturated rings. The van der Waals surface area contributed by atoms with Crippen molar-refractivity contribution in [2.45, 2.75) is 25.7 Å². The van der Waals surface area contributed by atoms with Gasteiger partial charge in [-0.3, -0.25) is 9.69 Å². The molecule has 0 radical (unpaired) electrons. The lowest BCUT2D eigenvalue weighted by molar-refractivity contribution is -0.139. The molecular formula is C15H24N2O5. The Balaban J connectivity index is 2.02. The second kappa shape index (κ2) is 10.8. The van der Waals surface area contributed by atoms with Gasteiger partial charge in [0.05, 0.1) is 20.3 Å². The molecule has 0 unspecified atom stereocenters. The summed E-state index contributed by atoms with van der Waals surface area (Å²) in [7, 11) is 1.23. The first kappa shape index (κ1) is 18.2. The third kappa shape index (κ3) is 8.41. The fraction of sp³-hybridized carbons (Fsp3) is 0.667. The summed E-state index contributed by atoms with van der Waals surface area (Å²) < 4.78 is 9.22. The minimum absolute atomic E-state index is 0.00110. The van der Waals surface area contributed by atoms with E-state index in [1.807, 2.05) is 0 Å². The molecule has 0 aromatic heterocycles. The zero-order valence-electron chi connectivity index (χ0n) is 13.0. The molecule has 1 amide bonds. The summed E-state index contributed by atoms with van der Waals surface area (Å²) >= 11 is 0. The summed E-state index contributed by atoms with van der Waals surface area (Å²) in [6.45, 7) is 3.05. The van der Waals surface area contributed by atoms with E-state index in [1.54, 1.807) is 0 Å². The summed E-state index contributed by atoms with van der Waals surface area (Å²) in [5.41, 5.74) is 0. The molecule has 7 nitrogen and oxygen atoms in total. The third-order valence-electron chi connectivity index (χ3n) is 3.26. The first-order valence-electron chi connectivity index (χ1n) is 7.53. The highest BCUT2D eigenvalue weighted by molar-refractivity contribution is 5.91. The van der Waals surface area contributed by atoms with E-state index in [9.17, 15) is 14.4 Å². The topological polar surface area (TPSA) is 84.9 Å². The highest BCUT2D eigenvalue weighted by atomic mass is 16.5. The Morgan fingerprint density at radius 3 is 2.45 bits per heavy atom. The third-order valence-corrected chi connectivity index (χ3v) is 3.26.